The minimum absolute atomic E-state index is 0.00639. The second kappa shape index (κ2) is 5.08. The number of nitrogens with one attached hydrogen (secondary N) is 2. The summed E-state index contributed by atoms with van der Waals surface area (Å²) in [5.41, 5.74) is 6.69. The Morgan fingerprint density at radius 3 is 2.50 bits per heavy atom. The van der Waals surface area contributed by atoms with Crippen molar-refractivity contribution in [2.45, 2.75) is 64.5 Å². The second-order valence-corrected chi connectivity index (χ2v) is 6.64. The fraction of sp³-hybridized carbons (Fsp3) is 1.00. The topological polar surface area (TPSA) is 53.5 Å². The molecular weight excluding hydrogens is 228 g/mol. The predicted octanol–water partition coefficient (Wildman–Crippen LogP) is 1.61. The van der Waals surface area contributed by atoms with Crippen molar-refractivity contribution < 1.29 is 9.84 Å². The molecule has 4 heteroatoms. The number of aliphatic hydroxyl groups is 1. The highest BCUT2D eigenvalue weighted by Gasteiger charge is 2.47. The first-order valence-corrected chi connectivity index (χ1v) is 7.49. The average molecular weight is 254 g/mol. The number of hydrazine groups is 1. The third-order valence-electron chi connectivity index (χ3n) is 5.26. The van der Waals surface area contributed by atoms with E-state index in [1.54, 1.807) is 0 Å². The van der Waals surface area contributed by atoms with E-state index in [0.717, 1.165) is 18.3 Å². The molecule has 4 nitrogen and oxygen atoms in total. The summed E-state index contributed by atoms with van der Waals surface area (Å²) in [5.74, 6) is 2.69. The largest absolute Gasteiger partial charge is 0.368 e. The number of rotatable bonds is 1. The fourth-order valence-electron chi connectivity index (χ4n) is 4.11. The van der Waals surface area contributed by atoms with E-state index >= 15 is 0 Å². The van der Waals surface area contributed by atoms with E-state index in [4.69, 9.17) is 4.74 Å². The summed E-state index contributed by atoms with van der Waals surface area (Å²) < 4.78 is 5.60. The van der Waals surface area contributed by atoms with Crippen molar-refractivity contribution in [1.82, 2.24) is 10.9 Å². The van der Waals surface area contributed by atoms with E-state index in [-0.39, 0.29) is 6.23 Å². The molecule has 2 aliphatic heterocycles. The van der Waals surface area contributed by atoms with E-state index in [1.807, 2.05) is 0 Å². The van der Waals surface area contributed by atoms with Crippen molar-refractivity contribution in [1.29, 1.82) is 0 Å². The third kappa shape index (κ3) is 2.31. The highest BCUT2D eigenvalue weighted by atomic mass is 16.6. The van der Waals surface area contributed by atoms with Gasteiger partial charge in [-0.05, 0) is 30.6 Å². The van der Waals surface area contributed by atoms with Crippen LogP contribution in [0.4, 0.5) is 0 Å². The molecule has 1 aliphatic carbocycles. The zero-order valence-electron chi connectivity index (χ0n) is 11.4. The number of hydrogen-bond acceptors (Lipinski definition) is 4. The molecule has 104 valence electrons. The van der Waals surface area contributed by atoms with Crippen molar-refractivity contribution in [3.05, 3.63) is 0 Å². The molecule has 0 radical (unpaired) electrons. The highest BCUT2D eigenvalue weighted by molar-refractivity contribution is 4.96. The standard InChI is InChI=1S/C14H26N2O2/c1-8-3-5-10(6-4-8)13-12-9(2)7-11(17)18-14(12)16-15-13/h8-17H,3-7H2,1-2H3/t8?,9?,10?,11?,12?,13-,14?/m1/s1. The zero-order chi connectivity index (χ0) is 12.7. The highest BCUT2D eigenvalue weighted by Crippen LogP contribution is 2.40. The summed E-state index contributed by atoms with van der Waals surface area (Å²) in [7, 11) is 0. The van der Waals surface area contributed by atoms with Gasteiger partial charge in [-0.25, -0.2) is 5.43 Å². The lowest BCUT2D eigenvalue weighted by molar-refractivity contribution is -0.198. The third-order valence-corrected chi connectivity index (χ3v) is 5.26. The molecule has 3 fully saturated rings. The Kier molecular flexibility index (Phi) is 3.63. The van der Waals surface area contributed by atoms with Gasteiger partial charge in [-0.1, -0.05) is 26.7 Å². The maximum atomic E-state index is 9.67. The molecule has 3 N–H and O–H groups in total. The lowest BCUT2D eigenvalue weighted by atomic mass is 9.72. The van der Waals surface area contributed by atoms with Crippen LogP contribution in [0.15, 0.2) is 0 Å². The lowest BCUT2D eigenvalue weighted by Gasteiger charge is -2.39. The summed E-state index contributed by atoms with van der Waals surface area (Å²) in [4.78, 5) is 0. The van der Waals surface area contributed by atoms with E-state index < -0.39 is 6.29 Å². The zero-order valence-corrected chi connectivity index (χ0v) is 11.4. The Morgan fingerprint density at radius 2 is 1.78 bits per heavy atom. The SMILES string of the molecule is CC1CCC([C@H]2NNC3OC(O)CC(C)C32)CC1. The van der Waals surface area contributed by atoms with Crippen LogP contribution in [-0.2, 0) is 4.74 Å². The maximum absolute atomic E-state index is 9.67. The van der Waals surface area contributed by atoms with Crippen LogP contribution in [0.3, 0.4) is 0 Å². The quantitative estimate of drug-likeness (QED) is 0.665. The van der Waals surface area contributed by atoms with Gasteiger partial charge >= 0.3 is 0 Å². The lowest BCUT2D eigenvalue weighted by Crippen LogP contribution is -2.45. The van der Waals surface area contributed by atoms with Gasteiger partial charge in [-0.15, -0.1) is 0 Å². The normalized spacial score (nSPS) is 53.2. The minimum Gasteiger partial charge on any atom is -0.368 e. The van der Waals surface area contributed by atoms with Crippen LogP contribution in [0.25, 0.3) is 0 Å². The summed E-state index contributed by atoms with van der Waals surface area (Å²) in [6, 6.07) is 0.519. The molecule has 0 aromatic heterocycles. The monoisotopic (exact) mass is 254 g/mol. The molecule has 4 unspecified atom stereocenters. The molecule has 3 rings (SSSR count). The van der Waals surface area contributed by atoms with Gasteiger partial charge in [0.2, 0.25) is 0 Å². The molecule has 2 heterocycles. The molecule has 0 bridgehead atoms. The van der Waals surface area contributed by atoms with Gasteiger partial charge in [0.1, 0.15) is 6.23 Å². The van der Waals surface area contributed by atoms with Crippen molar-refractivity contribution in [3.63, 3.8) is 0 Å². The number of hydrogen-bond donors (Lipinski definition) is 3. The van der Waals surface area contributed by atoms with Crippen molar-refractivity contribution in [3.8, 4) is 0 Å². The number of aliphatic hydroxyl groups excluding tert-OH is 1. The molecule has 0 aromatic rings. The van der Waals surface area contributed by atoms with Gasteiger partial charge in [0.05, 0.1) is 0 Å². The van der Waals surface area contributed by atoms with E-state index in [2.05, 4.69) is 24.7 Å². The first-order chi connectivity index (χ1) is 8.65. The second-order valence-electron chi connectivity index (χ2n) is 6.64. The minimum atomic E-state index is -0.597. The first-order valence-electron chi connectivity index (χ1n) is 7.49. The predicted molar refractivity (Wildman–Crippen MR) is 69.3 cm³/mol. The Morgan fingerprint density at radius 1 is 1.06 bits per heavy atom. The fourth-order valence-corrected chi connectivity index (χ4v) is 4.11. The summed E-state index contributed by atoms with van der Waals surface area (Å²) in [6.07, 6.45) is 5.55. The van der Waals surface area contributed by atoms with Crippen LogP contribution in [0.1, 0.15) is 46.0 Å². The first kappa shape index (κ1) is 12.9. The average Bonchev–Trinajstić information content (AvgIpc) is 2.74. The smallest absolute Gasteiger partial charge is 0.156 e. The van der Waals surface area contributed by atoms with Gasteiger partial charge in [0.25, 0.3) is 0 Å². The Bertz CT molecular complexity index is 292. The van der Waals surface area contributed by atoms with Gasteiger partial charge in [0.15, 0.2) is 6.29 Å². The van der Waals surface area contributed by atoms with E-state index in [9.17, 15) is 5.11 Å². The summed E-state index contributed by atoms with van der Waals surface area (Å²) in [5, 5.41) is 9.67. The number of ether oxygens (including phenoxy) is 1. The van der Waals surface area contributed by atoms with Crippen molar-refractivity contribution in [2.24, 2.45) is 23.7 Å². The van der Waals surface area contributed by atoms with Crippen LogP contribution in [0.2, 0.25) is 0 Å². The van der Waals surface area contributed by atoms with Gasteiger partial charge < -0.3 is 9.84 Å². The van der Waals surface area contributed by atoms with Gasteiger partial charge in [-0.3, -0.25) is 5.43 Å². The summed E-state index contributed by atoms with van der Waals surface area (Å²) >= 11 is 0. The van der Waals surface area contributed by atoms with Crippen LogP contribution in [0, 0.1) is 23.7 Å². The molecule has 3 aliphatic rings. The Labute approximate surface area is 109 Å². The van der Waals surface area contributed by atoms with Crippen LogP contribution in [0.5, 0.6) is 0 Å². The molecule has 0 aromatic carbocycles. The molecule has 18 heavy (non-hydrogen) atoms. The summed E-state index contributed by atoms with van der Waals surface area (Å²) in [6.45, 7) is 4.61. The Hall–Kier alpha value is -0.160. The van der Waals surface area contributed by atoms with Crippen LogP contribution >= 0.6 is 0 Å². The molecule has 0 amide bonds. The van der Waals surface area contributed by atoms with Crippen LogP contribution < -0.4 is 10.9 Å². The van der Waals surface area contributed by atoms with Crippen molar-refractivity contribution in [2.75, 3.05) is 0 Å². The Balaban J connectivity index is 1.67. The van der Waals surface area contributed by atoms with Crippen LogP contribution in [-0.4, -0.2) is 23.7 Å². The molecule has 1 saturated carbocycles. The number of fused-ring (bicyclic) bond motifs is 1. The van der Waals surface area contributed by atoms with Crippen molar-refractivity contribution >= 4 is 0 Å². The molecule has 0 spiro atoms. The van der Waals surface area contributed by atoms with Gasteiger partial charge in [0, 0.05) is 18.4 Å². The van der Waals surface area contributed by atoms with Gasteiger partial charge in [-0.2, -0.15) is 0 Å². The molecule has 2 saturated heterocycles. The molecule has 5 atom stereocenters. The maximum Gasteiger partial charge on any atom is 0.156 e. The molecular formula is C14H26N2O2. The van der Waals surface area contributed by atoms with E-state index in [0.29, 0.717) is 17.9 Å². The van der Waals surface area contributed by atoms with E-state index in [1.165, 1.54) is 25.7 Å².